The Morgan fingerprint density at radius 2 is 1.26 bits per heavy atom. The molecule has 4 heteroatoms. The van der Waals surface area contributed by atoms with Gasteiger partial charge in [0, 0.05) is 27.2 Å². The quantitative estimate of drug-likeness (QED) is 0.176. The van der Waals surface area contributed by atoms with Crippen LogP contribution in [0.15, 0.2) is 121 Å². The van der Waals surface area contributed by atoms with Crippen LogP contribution in [0.3, 0.4) is 0 Å². The Morgan fingerprint density at radius 1 is 0.580 bits per heavy atom. The number of rotatable bonds is 3. The van der Waals surface area contributed by atoms with Gasteiger partial charge in [-0.25, -0.2) is 4.85 Å². The van der Waals surface area contributed by atoms with Crippen LogP contribution >= 0.6 is 0 Å². The van der Waals surface area contributed by atoms with Gasteiger partial charge in [-0.15, -0.1) is 0 Å². The third kappa shape index (κ3) is 4.88. The Morgan fingerprint density at radius 3 is 1.92 bits per heavy atom. The Labute approximate surface area is 293 Å². The van der Waals surface area contributed by atoms with Gasteiger partial charge >= 0.3 is 0 Å². The Bertz CT molecular complexity index is 2730. The number of nitriles is 1. The van der Waals surface area contributed by atoms with Gasteiger partial charge in [0.05, 0.1) is 46.0 Å². The van der Waals surface area contributed by atoms with E-state index < -0.39 is 0 Å². The largest absolute Gasteiger partial charge is 0.309 e. The zero-order valence-electron chi connectivity index (χ0n) is 29.3. The second-order valence-electron chi connectivity index (χ2n) is 15.3. The first-order chi connectivity index (χ1) is 24.0. The SMILES string of the molecule is [C-]#[N+]c1ccc(-n2c3ccc(C(C)(C)C)cc3c3c(-c4ccc5c6cc(C(C)(C)C)ccc6n(-c6ccccc6)c5c4)cccc32)c(C#N)c1. The summed E-state index contributed by atoms with van der Waals surface area (Å²) >= 11 is 0. The van der Waals surface area contributed by atoms with Crippen LogP contribution in [0.25, 0.3) is 71.0 Å². The molecule has 0 radical (unpaired) electrons. The molecule has 0 N–H and O–H groups in total. The van der Waals surface area contributed by atoms with Crippen LogP contribution in [-0.4, -0.2) is 9.13 Å². The van der Waals surface area contributed by atoms with Crippen LogP contribution in [0, 0.1) is 17.9 Å². The molecular formula is C46H38N4. The van der Waals surface area contributed by atoms with Crippen LogP contribution in [0.2, 0.25) is 0 Å². The number of aromatic nitrogens is 2. The fourth-order valence-corrected chi connectivity index (χ4v) is 7.43. The standard InChI is InChI=1S/C46H38N4/c1-45(2,3)31-17-21-40-37(26-31)36-20-16-29(25-43(36)49(40)34-12-9-8-10-13-34)35-14-11-15-42-44(35)38-27-32(46(4,5)6)18-22-41(38)50(42)39-23-19-33(48-7)24-30(39)28-47/h8-27H,1-6H3. The highest BCUT2D eigenvalue weighted by molar-refractivity contribution is 6.17. The van der Waals surface area contributed by atoms with Crippen LogP contribution in [0.5, 0.6) is 0 Å². The van der Waals surface area contributed by atoms with Crippen LogP contribution in [-0.2, 0) is 10.8 Å². The molecule has 0 spiro atoms. The molecule has 0 aliphatic rings. The third-order valence-electron chi connectivity index (χ3n) is 10.1. The molecule has 0 saturated carbocycles. The summed E-state index contributed by atoms with van der Waals surface area (Å²) in [5, 5.41) is 15.0. The van der Waals surface area contributed by atoms with Gasteiger partial charge in [-0.1, -0.05) is 102 Å². The lowest BCUT2D eigenvalue weighted by atomic mass is 9.86. The van der Waals surface area contributed by atoms with Gasteiger partial charge in [0.25, 0.3) is 0 Å². The van der Waals surface area contributed by atoms with Crippen molar-refractivity contribution in [3.05, 3.63) is 149 Å². The van der Waals surface area contributed by atoms with Crippen molar-refractivity contribution in [1.29, 1.82) is 5.26 Å². The van der Waals surface area contributed by atoms with Gasteiger partial charge in [-0.3, -0.25) is 0 Å². The first-order valence-corrected chi connectivity index (χ1v) is 17.1. The minimum atomic E-state index is -0.0475. The molecule has 2 aromatic heterocycles. The zero-order valence-corrected chi connectivity index (χ0v) is 29.3. The van der Waals surface area contributed by atoms with Crippen molar-refractivity contribution < 1.29 is 0 Å². The minimum absolute atomic E-state index is 0.0345. The molecule has 0 bridgehead atoms. The highest BCUT2D eigenvalue weighted by Gasteiger charge is 2.23. The third-order valence-corrected chi connectivity index (χ3v) is 10.1. The Balaban J connectivity index is 1.47. The fourth-order valence-electron chi connectivity index (χ4n) is 7.43. The Hall–Kier alpha value is -6.10. The molecule has 8 rings (SSSR count). The number of nitrogens with zero attached hydrogens (tertiary/aromatic N) is 4. The lowest BCUT2D eigenvalue weighted by molar-refractivity contribution is 0.591. The average Bonchev–Trinajstić information content (AvgIpc) is 3.62. The molecule has 0 aliphatic carbocycles. The maximum atomic E-state index is 10.2. The van der Waals surface area contributed by atoms with E-state index in [1.165, 1.54) is 27.4 Å². The van der Waals surface area contributed by atoms with Crippen LogP contribution in [0.4, 0.5) is 5.69 Å². The first kappa shape index (κ1) is 31.2. The van der Waals surface area contributed by atoms with Crippen molar-refractivity contribution in [3.8, 4) is 28.6 Å². The summed E-state index contributed by atoms with van der Waals surface area (Å²) in [6.07, 6.45) is 0. The molecule has 0 aliphatic heterocycles. The second-order valence-corrected chi connectivity index (χ2v) is 15.3. The lowest BCUT2D eigenvalue weighted by Crippen LogP contribution is -2.10. The highest BCUT2D eigenvalue weighted by Crippen LogP contribution is 2.43. The molecule has 0 unspecified atom stereocenters. The fraction of sp³-hybridized carbons (Fsp3) is 0.174. The summed E-state index contributed by atoms with van der Waals surface area (Å²) < 4.78 is 4.58. The van der Waals surface area contributed by atoms with Crippen LogP contribution in [0.1, 0.15) is 58.2 Å². The molecule has 0 amide bonds. The van der Waals surface area contributed by atoms with Crippen molar-refractivity contribution in [2.75, 3.05) is 0 Å². The average molecular weight is 647 g/mol. The summed E-state index contributed by atoms with van der Waals surface area (Å²) in [4.78, 5) is 3.59. The molecule has 6 aromatic carbocycles. The van der Waals surface area contributed by atoms with Crippen molar-refractivity contribution in [1.82, 2.24) is 9.13 Å². The van der Waals surface area contributed by atoms with E-state index in [1.54, 1.807) is 12.1 Å². The predicted molar refractivity (Wildman–Crippen MR) is 209 cm³/mol. The van der Waals surface area contributed by atoms with E-state index in [2.05, 4.69) is 165 Å². The van der Waals surface area contributed by atoms with Gasteiger partial charge in [-0.05, 0) is 93.7 Å². The van der Waals surface area contributed by atoms with Crippen molar-refractivity contribution in [2.24, 2.45) is 0 Å². The number of hydrogen-bond donors (Lipinski definition) is 0. The molecule has 4 nitrogen and oxygen atoms in total. The molecule has 242 valence electrons. The van der Waals surface area contributed by atoms with Gasteiger partial charge in [0.1, 0.15) is 0 Å². The number of benzene rings is 6. The molecule has 0 saturated heterocycles. The number of para-hydroxylation sites is 1. The molecule has 50 heavy (non-hydrogen) atoms. The summed E-state index contributed by atoms with van der Waals surface area (Å²) in [6.45, 7) is 21.1. The number of hydrogen-bond acceptors (Lipinski definition) is 1. The summed E-state index contributed by atoms with van der Waals surface area (Å²) in [5.74, 6) is 0. The maximum Gasteiger partial charge on any atom is 0.188 e. The van der Waals surface area contributed by atoms with Crippen molar-refractivity contribution >= 4 is 49.3 Å². The normalized spacial score (nSPS) is 12.2. The van der Waals surface area contributed by atoms with E-state index in [1.807, 2.05) is 6.07 Å². The summed E-state index contributed by atoms with van der Waals surface area (Å²) in [7, 11) is 0. The number of fused-ring (bicyclic) bond motifs is 6. The Kier molecular flexibility index (Phi) is 7.00. The highest BCUT2D eigenvalue weighted by atomic mass is 15.0. The van der Waals surface area contributed by atoms with Gasteiger partial charge in [0.15, 0.2) is 5.69 Å². The molecule has 2 heterocycles. The van der Waals surface area contributed by atoms with E-state index in [0.717, 1.165) is 49.8 Å². The lowest BCUT2D eigenvalue weighted by Gasteiger charge is -2.19. The monoisotopic (exact) mass is 646 g/mol. The maximum absolute atomic E-state index is 10.2. The first-order valence-electron chi connectivity index (χ1n) is 17.1. The minimum Gasteiger partial charge on any atom is -0.309 e. The van der Waals surface area contributed by atoms with E-state index in [9.17, 15) is 5.26 Å². The smallest absolute Gasteiger partial charge is 0.188 e. The molecule has 0 fully saturated rings. The van der Waals surface area contributed by atoms with Crippen LogP contribution < -0.4 is 0 Å². The second kappa shape index (κ2) is 11.2. The van der Waals surface area contributed by atoms with Crippen molar-refractivity contribution in [2.45, 2.75) is 52.4 Å². The van der Waals surface area contributed by atoms with Gasteiger partial charge < -0.3 is 9.13 Å². The summed E-state index contributed by atoms with van der Waals surface area (Å²) in [5.41, 5.74) is 12.0. The van der Waals surface area contributed by atoms with Gasteiger partial charge in [0.2, 0.25) is 0 Å². The van der Waals surface area contributed by atoms with E-state index in [4.69, 9.17) is 6.57 Å². The summed E-state index contributed by atoms with van der Waals surface area (Å²) in [6, 6.07) is 45.4. The van der Waals surface area contributed by atoms with E-state index in [0.29, 0.717) is 11.3 Å². The molecule has 0 atom stereocenters. The topological polar surface area (TPSA) is 38.0 Å². The molecule has 8 aromatic rings. The van der Waals surface area contributed by atoms with E-state index in [-0.39, 0.29) is 10.8 Å². The van der Waals surface area contributed by atoms with Crippen molar-refractivity contribution in [3.63, 3.8) is 0 Å². The molecular weight excluding hydrogens is 609 g/mol. The van der Waals surface area contributed by atoms with E-state index >= 15 is 0 Å². The predicted octanol–water partition coefficient (Wildman–Crippen LogP) is 12.6. The van der Waals surface area contributed by atoms with Gasteiger partial charge in [-0.2, -0.15) is 5.26 Å². The zero-order chi connectivity index (χ0) is 34.9.